The molecule has 7 heteroatoms. The fourth-order valence-electron chi connectivity index (χ4n) is 2.68. The van der Waals surface area contributed by atoms with Crippen LogP contribution in [0.25, 0.3) is 0 Å². The first kappa shape index (κ1) is 19.9. The van der Waals surface area contributed by atoms with Crippen molar-refractivity contribution in [2.24, 2.45) is 0 Å². The van der Waals surface area contributed by atoms with Gasteiger partial charge in [-0.1, -0.05) is 17.2 Å². The highest BCUT2D eigenvalue weighted by atomic mass is 32.2. The maximum atomic E-state index is 12.7. The Morgan fingerprint density at radius 2 is 1.50 bits per heavy atom. The number of sulfonamides is 1. The summed E-state index contributed by atoms with van der Waals surface area (Å²) in [4.78, 5) is 14.6. The van der Waals surface area contributed by atoms with Crippen LogP contribution >= 0.6 is 0 Å². The van der Waals surface area contributed by atoms with E-state index in [4.69, 9.17) is 0 Å². The Kier molecular flexibility index (Phi) is 5.73. The smallest absolute Gasteiger partial charge is 0.255 e. The SMILES string of the molecule is Cc1cc(C)cc(C(=O)Nc2cc(S(=O)(=O)N(C)C)ccc2N(C)C)c1. The van der Waals surface area contributed by atoms with Crippen molar-refractivity contribution in [3.05, 3.63) is 53.1 Å². The minimum Gasteiger partial charge on any atom is -0.376 e. The second-order valence-electron chi connectivity index (χ2n) is 6.69. The van der Waals surface area contributed by atoms with Crippen LogP contribution in [0.1, 0.15) is 21.5 Å². The van der Waals surface area contributed by atoms with Gasteiger partial charge in [-0.3, -0.25) is 4.79 Å². The van der Waals surface area contributed by atoms with Crippen molar-refractivity contribution in [2.45, 2.75) is 18.7 Å². The van der Waals surface area contributed by atoms with Gasteiger partial charge in [-0.25, -0.2) is 12.7 Å². The topological polar surface area (TPSA) is 69.7 Å². The molecule has 0 aliphatic carbocycles. The Labute approximate surface area is 155 Å². The summed E-state index contributed by atoms with van der Waals surface area (Å²) in [5.41, 5.74) is 3.69. The number of aryl methyl sites for hydroxylation is 2. The number of benzene rings is 2. The number of hydrogen-bond donors (Lipinski definition) is 1. The highest BCUT2D eigenvalue weighted by molar-refractivity contribution is 7.89. The van der Waals surface area contributed by atoms with Gasteiger partial charge < -0.3 is 10.2 Å². The molecule has 1 amide bonds. The predicted molar refractivity (Wildman–Crippen MR) is 106 cm³/mol. The van der Waals surface area contributed by atoms with E-state index in [9.17, 15) is 13.2 Å². The van der Waals surface area contributed by atoms with Gasteiger partial charge in [0.25, 0.3) is 5.91 Å². The number of nitrogens with zero attached hydrogens (tertiary/aromatic N) is 2. The minimum atomic E-state index is -3.59. The van der Waals surface area contributed by atoms with Crippen molar-refractivity contribution in [3.8, 4) is 0 Å². The van der Waals surface area contributed by atoms with E-state index in [0.717, 1.165) is 21.1 Å². The molecule has 0 radical (unpaired) electrons. The van der Waals surface area contributed by atoms with Crippen molar-refractivity contribution in [1.82, 2.24) is 4.31 Å². The molecule has 0 saturated heterocycles. The number of amides is 1. The van der Waals surface area contributed by atoms with Crippen LogP contribution in [0.2, 0.25) is 0 Å². The highest BCUT2D eigenvalue weighted by Crippen LogP contribution is 2.29. The zero-order chi connectivity index (χ0) is 19.6. The molecule has 140 valence electrons. The summed E-state index contributed by atoms with van der Waals surface area (Å²) in [6.07, 6.45) is 0. The molecule has 0 atom stereocenters. The molecule has 1 N–H and O–H groups in total. The fourth-order valence-corrected chi connectivity index (χ4v) is 3.61. The summed E-state index contributed by atoms with van der Waals surface area (Å²) < 4.78 is 26.0. The molecule has 0 fully saturated rings. The lowest BCUT2D eigenvalue weighted by Gasteiger charge is -2.20. The Morgan fingerprint density at radius 3 is 2.00 bits per heavy atom. The minimum absolute atomic E-state index is 0.129. The maximum absolute atomic E-state index is 12.7. The summed E-state index contributed by atoms with van der Waals surface area (Å²) in [5.74, 6) is -0.278. The van der Waals surface area contributed by atoms with Crippen molar-refractivity contribution < 1.29 is 13.2 Å². The molecule has 0 aliphatic rings. The lowest BCUT2D eigenvalue weighted by molar-refractivity contribution is 0.102. The number of hydrogen-bond acceptors (Lipinski definition) is 4. The number of carbonyl (C=O) groups excluding carboxylic acids is 1. The summed E-state index contributed by atoms with van der Waals surface area (Å²) in [6, 6.07) is 10.3. The third-order valence-electron chi connectivity index (χ3n) is 3.96. The summed E-state index contributed by atoms with van der Waals surface area (Å²) >= 11 is 0. The first-order chi connectivity index (χ1) is 12.0. The van der Waals surface area contributed by atoms with E-state index in [1.807, 2.05) is 38.9 Å². The Hall–Kier alpha value is -2.38. The van der Waals surface area contributed by atoms with Crippen LogP contribution in [0, 0.1) is 13.8 Å². The van der Waals surface area contributed by atoms with E-state index >= 15 is 0 Å². The van der Waals surface area contributed by atoms with Gasteiger partial charge >= 0.3 is 0 Å². The number of carbonyl (C=O) groups is 1. The van der Waals surface area contributed by atoms with E-state index in [0.29, 0.717) is 11.3 Å². The van der Waals surface area contributed by atoms with E-state index in [-0.39, 0.29) is 10.8 Å². The Morgan fingerprint density at radius 1 is 0.923 bits per heavy atom. The zero-order valence-corrected chi connectivity index (χ0v) is 16.8. The Bertz CT molecular complexity index is 915. The van der Waals surface area contributed by atoms with Crippen molar-refractivity contribution in [3.63, 3.8) is 0 Å². The highest BCUT2D eigenvalue weighted by Gasteiger charge is 2.20. The van der Waals surface area contributed by atoms with Gasteiger partial charge in [-0.15, -0.1) is 0 Å². The molecule has 0 bridgehead atoms. The van der Waals surface area contributed by atoms with Gasteiger partial charge in [0.05, 0.1) is 16.3 Å². The summed E-state index contributed by atoms with van der Waals surface area (Å²) in [5, 5.41) is 2.85. The largest absolute Gasteiger partial charge is 0.376 e. The maximum Gasteiger partial charge on any atom is 0.255 e. The van der Waals surface area contributed by atoms with Gasteiger partial charge in [-0.05, 0) is 44.2 Å². The molecule has 0 saturated carbocycles. The molecule has 2 rings (SSSR count). The molecular formula is C19H25N3O3S. The summed E-state index contributed by atoms with van der Waals surface area (Å²) in [7, 11) is 3.03. The zero-order valence-electron chi connectivity index (χ0n) is 16.0. The molecule has 2 aromatic rings. The molecule has 0 aromatic heterocycles. The number of rotatable bonds is 5. The van der Waals surface area contributed by atoms with E-state index < -0.39 is 10.0 Å². The van der Waals surface area contributed by atoms with Gasteiger partial charge in [0.1, 0.15) is 0 Å². The van der Waals surface area contributed by atoms with Gasteiger partial charge in [0.2, 0.25) is 10.0 Å². The first-order valence-electron chi connectivity index (χ1n) is 8.16. The normalized spacial score (nSPS) is 11.5. The van der Waals surface area contributed by atoms with Crippen LogP contribution in [0.15, 0.2) is 41.3 Å². The predicted octanol–water partition coefficient (Wildman–Crippen LogP) is 2.87. The average molecular weight is 375 g/mol. The molecule has 0 heterocycles. The molecule has 0 unspecified atom stereocenters. The van der Waals surface area contributed by atoms with Crippen LogP contribution in [-0.2, 0) is 10.0 Å². The van der Waals surface area contributed by atoms with Crippen LogP contribution in [0.5, 0.6) is 0 Å². The van der Waals surface area contributed by atoms with Crippen molar-refractivity contribution in [1.29, 1.82) is 0 Å². The summed E-state index contributed by atoms with van der Waals surface area (Å²) in [6.45, 7) is 3.86. The molecule has 6 nitrogen and oxygen atoms in total. The van der Waals surface area contributed by atoms with Crippen LogP contribution in [0.4, 0.5) is 11.4 Å². The number of nitrogens with one attached hydrogen (secondary N) is 1. The number of anilines is 2. The van der Waals surface area contributed by atoms with Crippen LogP contribution < -0.4 is 10.2 Å². The molecule has 0 aliphatic heterocycles. The van der Waals surface area contributed by atoms with Crippen LogP contribution in [0.3, 0.4) is 0 Å². The quantitative estimate of drug-likeness (QED) is 0.872. The second kappa shape index (κ2) is 7.47. The van der Waals surface area contributed by atoms with Gasteiger partial charge in [-0.2, -0.15) is 0 Å². The molecule has 0 spiro atoms. The average Bonchev–Trinajstić information content (AvgIpc) is 2.53. The van der Waals surface area contributed by atoms with E-state index in [2.05, 4.69) is 5.32 Å². The fraction of sp³-hybridized carbons (Fsp3) is 0.316. The Balaban J connectivity index is 2.47. The molecule has 26 heavy (non-hydrogen) atoms. The third kappa shape index (κ3) is 4.23. The van der Waals surface area contributed by atoms with Crippen molar-refractivity contribution >= 4 is 27.3 Å². The monoisotopic (exact) mass is 375 g/mol. The lowest BCUT2D eigenvalue weighted by Crippen LogP contribution is -2.23. The lowest BCUT2D eigenvalue weighted by atomic mass is 10.1. The van der Waals surface area contributed by atoms with E-state index in [1.165, 1.54) is 26.2 Å². The van der Waals surface area contributed by atoms with Gasteiger partial charge in [0, 0.05) is 33.8 Å². The van der Waals surface area contributed by atoms with Crippen molar-refractivity contribution in [2.75, 3.05) is 38.4 Å². The van der Waals surface area contributed by atoms with Gasteiger partial charge in [0.15, 0.2) is 0 Å². The standard InChI is InChI=1S/C19H25N3O3S/c1-13-9-14(2)11-15(10-13)19(23)20-17-12-16(26(24,25)22(5)6)7-8-18(17)21(3)4/h7-12H,1-6H3,(H,20,23). The molecule has 2 aromatic carbocycles. The second-order valence-corrected chi connectivity index (χ2v) is 8.84. The molecular weight excluding hydrogens is 350 g/mol. The van der Waals surface area contributed by atoms with Crippen LogP contribution in [-0.4, -0.2) is 46.8 Å². The van der Waals surface area contributed by atoms with E-state index in [1.54, 1.807) is 18.2 Å². The first-order valence-corrected chi connectivity index (χ1v) is 9.60. The third-order valence-corrected chi connectivity index (χ3v) is 5.77.